The minimum atomic E-state index is -0.526. The SMILES string of the molecule is [2H]c1c([2H])c([2H])c2c(c1[2H])c1c([2H])c([2H])c([2H])c([2H])c1n2-c1nc(-c2ccccc2-n2c3ccccc3c3ccccc32)nc(-c2cccc3ccccc23)n1. The van der Waals surface area contributed by atoms with Crippen molar-refractivity contribution in [1.82, 2.24) is 24.1 Å². The number of rotatable bonds is 4. The molecule has 0 aliphatic carbocycles. The lowest BCUT2D eigenvalue weighted by atomic mass is 10.0. The Balaban J connectivity index is 1.38. The molecule has 0 amide bonds. The third kappa shape index (κ3) is 3.94. The molecular weight excluding hydrogens is 587 g/mol. The van der Waals surface area contributed by atoms with E-state index >= 15 is 0 Å². The quantitative estimate of drug-likeness (QED) is 0.196. The average molecular weight is 622 g/mol. The number of benzene rings is 7. The molecule has 3 aromatic heterocycles. The van der Waals surface area contributed by atoms with Gasteiger partial charge in [-0.3, -0.25) is 4.57 Å². The predicted molar refractivity (Wildman–Crippen MR) is 197 cm³/mol. The van der Waals surface area contributed by atoms with Gasteiger partial charge in [0.2, 0.25) is 5.95 Å². The van der Waals surface area contributed by atoms with Crippen LogP contribution >= 0.6 is 0 Å². The number of aromatic nitrogens is 5. The van der Waals surface area contributed by atoms with E-state index in [1.54, 1.807) is 0 Å². The van der Waals surface area contributed by atoms with E-state index in [0.29, 0.717) is 11.1 Å². The third-order valence-electron chi connectivity index (χ3n) is 8.85. The lowest BCUT2D eigenvalue weighted by Gasteiger charge is -2.15. The van der Waals surface area contributed by atoms with Gasteiger partial charge in [0.25, 0.3) is 0 Å². The zero-order chi connectivity index (χ0) is 38.6. The maximum absolute atomic E-state index is 9.12. The molecular formula is C43H27N5. The van der Waals surface area contributed by atoms with Gasteiger partial charge in [-0.1, -0.05) is 127 Å². The first-order valence-electron chi connectivity index (χ1n) is 19.5. The van der Waals surface area contributed by atoms with Crippen LogP contribution in [-0.2, 0) is 0 Å². The molecule has 48 heavy (non-hydrogen) atoms. The third-order valence-corrected chi connectivity index (χ3v) is 8.85. The minimum Gasteiger partial charge on any atom is -0.309 e. The van der Waals surface area contributed by atoms with E-state index in [0.717, 1.165) is 38.3 Å². The van der Waals surface area contributed by atoms with Crippen molar-refractivity contribution in [1.29, 1.82) is 0 Å². The molecule has 0 unspecified atom stereocenters. The summed E-state index contributed by atoms with van der Waals surface area (Å²) >= 11 is 0. The zero-order valence-electron chi connectivity index (χ0n) is 33.2. The van der Waals surface area contributed by atoms with Crippen LogP contribution in [0.1, 0.15) is 11.0 Å². The summed E-state index contributed by atoms with van der Waals surface area (Å²) in [5, 5.41) is 3.83. The topological polar surface area (TPSA) is 48.5 Å². The van der Waals surface area contributed by atoms with Crippen LogP contribution in [-0.4, -0.2) is 24.1 Å². The summed E-state index contributed by atoms with van der Waals surface area (Å²) in [6, 6.07) is 33.8. The first-order valence-corrected chi connectivity index (χ1v) is 15.5. The molecule has 3 heterocycles. The monoisotopic (exact) mass is 621 g/mol. The molecule has 0 radical (unpaired) electrons. The van der Waals surface area contributed by atoms with Gasteiger partial charge in [-0.15, -0.1) is 0 Å². The minimum absolute atomic E-state index is 0.0580. The molecule has 0 bridgehead atoms. The second-order valence-electron chi connectivity index (χ2n) is 11.5. The van der Waals surface area contributed by atoms with Crippen molar-refractivity contribution in [2.45, 2.75) is 0 Å². The molecule has 0 aliphatic heterocycles. The zero-order valence-corrected chi connectivity index (χ0v) is 25.2. The van der Waals surface area contributed by atoms with Crippen LogP contribution in [0.3, 0.4) is 0 Å². The van der Waals surface area contributed by atoms with Crippen LogP contribution in [0.2, 0.25) is 0 Å². The summed E-state index contributed by atoms with van der Waals surface area (Å²) in [7, 11) is 0. The summed E-state index contributed by atoms with van der Waals surface area (Å²) in [6.45, 7) is 0. The van der Waals surface area contributed by atoms with Gasteiger partial charge in [0.15, 0.2) is 11.6 Å². The Labute approximate surface area is 287 Å². The van der Waals surface area contributed by atoms with E-state index in [2.05, 4.69) is 28.8 Å². The van der Waals surface area contributed by atoms with Gasteiger partial charge in [-0.2, -0.15) is 9.97 Å². The normalized spacial score (nSPS) is 14.1. The van der Waals surface area contributed by atoms with Crippen molar-refractivity contribution in [3.8, 4) is 34.4 Å². The van der Waals surface area contributed by atoms with Gasteiger partial charge in [-0.05, 0) is 47.1 Å². The van der Waals surface area contributed by atoms with Crippen molar-refractivity contribution < 1.29 is 11.0 Å². The van der Waals surface area contributed by atoms with Crippen molar-refractivity contribution in [2.24, 2.45) is 0 Å². The molecule has 0 saturated carbocycles. The highest BCUT2D eigenvalue weighted by Gasteiger charge is 2.21. The molecule has 10 aromatic rings. The number of fused-ring (bicyclic) bond motifs is 7. The molecule has 7 aromatic carbocycles. The highest BCUT2D eigenvalue weighted by Crippen LogP contribution is 2.37. The molecule has 0 aliphatic rings. The predicted octanol–water partition coefficient (Wildman–Crippen LogP) is 10.6. The van der Waals surface area contributed by atoms with Gasteiger partial charge < -0.3 is 4.57 Å². The van der Waals surface area contributed by atoms with Crippen LogP contribution < -0.4 is 0 Å². The average Bonchev–Trinajstić information content (AvgIpc) is 3.77. The molecule has 224 valence electrons. The maximum atomic E-state index is 9.12. The lowest BCUT2D eigenvalue weighted by Crippen LogP contribution is -2.08. The van der Waals surface area contributed by atoms with Gasteiger partial charge in [-0.25, -0.2) is 4.98 Å². The van der Waals surface area contributed by atoms with Gasteiger partial charge in [0.05, 0.1) is 38.7 Å². The molecule has 0 atom stereocenters. The summed E-state index contributed by atoms with van der Waals surface area (Å²) in [6.07, 6.45) is 0. The van der Waals surface area contributed by atoms with Crippen molar-refractivity contribution in [2.75, 3.05) is 0 Å². The maximum Gasteiger partial charge on any atom is 0.238 e. The van der Waals surface area contributed by atoms with Gasteiger partial charge in [0, 0.05) is 32.7 Å². The smallest absolute Gasteiger partial charge is 0.238 e. The highest BCUT2D eigenvalue weighted by molar-refractivity contribution is 6.10. The van der Waals surface area contributed by atoms with Crippen LogP contribution in [0.4, 0.5) is 0 Å². The standard InChI is InChI=1S/C43H27N5/c1-2-16-29-28(14-1)15-13-22-34(29)41-44-42(46-43(45-41)48-38-25-10-5-19-32(38)33-20-6-11-26-39(33)48)35-21-7-12-27-40(35)47-36-23-8-3-17-30(36)31-18-4-9-24-37(31)47/h1-27H/i5D,6D,10D,11D,19D,20D,25D,26D. The van der Waals surface area contributed by atoms with E-state index in [1.807, 2.05) is 91.0 Å². The molecule has 0 fully saturated rings. The van der Waals surface area contributed by atoms with Crippen molar-refractivity contribution in [3.05, 3.63) is 164 Å². The van der Waals surface area contributed by atoms with E-state index in [4.69, 9.17) is 25.9 Å². The van der Waals surface area contributed by atoms with E-state index in [-0.39, 0.29) is 39.4 Å². The number of para-hydroxylation sites is 5. The second kappa shape index (κ2) is 10.5. The van der Waals surface area contributed by atoms with Crippen molar-refractivity contribution in [3.63, 3.8) is 0 Å². The molecule has 5 nitrogen and oxygen atoms in total. The van der Waals surface area contributed by atoms with Gasteiger partial charge in [0.1, 0.15) is 0 Å². The van der Waals surface area contributed by atoms with Crippen LogP contribution in [0.25, 0.3) is 88.8 Å². The van der Waals surface area contributed by atoms with Crippen LogP contribution in [0.15, 0.2) is 164 Å². The highest BCUT2D eigenvalue weighted by atomic mass is 15.2. The van der Waals surface area contributed by atoms with Crippen molar-refractivity contribution >= 4 is 54.4 Å². The fourth-order valence-corrected chi connectivity index (χ4v) is 6.79. The molecule has 0 saturated heterocycles. The Bertz CT molecular complexity index is 3180. The molecule has 5 heteroatoms. The summed E-state index contributed by atoms with van der Waals surface area (Å²) in [5.74, 6) is 0.424. The number of hydrogen-bond donors (Lipinski definition) is 0. The van der Waals surface area contributed by atoms with E-state index in [9.17, 15) is 0 Å². The molecule has 10 rings (SSSR count). The first-order chi connectivity index (χ1) is 27.2. The summed E-state index contributed by atoms with van der Waals surface area (Å²) < 4.78 is 73.9. The largest absolute Gasteiger partial charge is 0.309 e. The Hall–Kier alpha value is -6.59. The molecule has 0 spiro atoms. The Kier molecular flexibility index (Phi) is 4.32. The number of nitrogens with zero attached hydrogens (tertiary/aromatic N) is 5. The Morgan fingerprint density at radius 3 is 1.62 bits per heavy atom. The van der Waals surface area contributed by atoms with E-state index < -0.39 is 48.3 Å². The second-order valence-corrected chi connectivity index (χ2v) is 11.5. The summed E-state index contributed by atoms with van der Waals surface area (Å²) in [5.41, 5.74) is 3.88. The van der Waals surface area contributed by atoms with Crippen LogP contribution in [0, 0.1) is 0 Å². The number of hydrogen-bond acceptors (Lipinski definition) is 3. The fraction of sp³-hybridized carbons (Fsp3) is 0. The van der Waals surface area contributed by atoms with Crippen LogP contribution in [0.5, 0.6) is 0 Å². The Morgan fingerprint density at radius 1 is 0.396 bits per heavy atom. The fourth-order valence-electron chi connectivity index (χ4n) is 6.79. The first kappa shape index (κ1) is 19.8. The Morgan fingerprint density at radius 2 is 0.917 bits per heavy atom. The molecule has 0 N–H and O–H groups in total. The lowest BCUT2D eigenvalue weighted by molar-refractivity contribution is 0.952. The summed E-state index contributed by atoms with van der Waals surface area (Å²) in [4.78, 5) is 15.2. The van der Waals surface area contributed by atoms with E-state index in [1.165, 1.54) is 4.57 Å². The van der Waals surface area contributed by atoms with Gasteiger partial charge >= 0.3 is 0 Å².